The minimum atomic E-state index is -0.269. The normalized spacial score (nSPS) is 16.4. The molecule has 0 spiro atoms. The molecule has 0 aromatic heterocycles. The van der Waals surface area contributed by atoms with Gasteiger partial charge < -0.3 is 14.6 Å². The number of aliphatic hydroxyl groups excluding tert-OH is 1. The molecule has 0 saturated heterocycles. The van der Waals surface area contributed by atoms with E-state index >= 15 is 0 Å². The van der Waals surface area contributed by atoms with Gasteiger partial charge in [-0.25, -0.2) is 0 Å². The smallest absolute Gasteiger partial charge is 0.162 e. The largest absolute Gasteiger partial charge is 0.371 e. The highest BCUT2D eigenvalue weighted by Gasteiger charge is 2.15. The fraction of sp³-hybridized carbons (Fsp3) is 1.00. The zero-order valence-electron chi connectivity index (χ0n) is 7.54. The molecule has 2 atom stereocenters. The monoisotopic (exact) mass is 162 g/mol. The van der Waals surface area contributed by atoms with Gasteiger partial charge in [-0.3, -0.25) is 0 Å². The van der Waals surface area contributed by atoms with Crippen LogP contribution in [0.5, 0.6) is 0 Å². The van der Waals surface area contributed by atoms with Crippen LogP contribution in [-0.4, -0.2) is 24.8 Å². The highest BCUT2D eigenvalue weighted by Crippen LogP contribution is 2.12. The topological polar surface area (TPSA) is 38.7 Å². The van der Waals surface area contributed by atoms with Gasteiger partial charge in [0.15, 0.2) is 6.29 Å². The predicted octanol–water partition coefficient (Wildman–Crippen LogP) is 1.36. The van der Waals surface area contributed by atoms with Gasteiger partial charge in [0.05, 0.1) is 0 Å². The van der Waals surface area contributed by atoms with Crippen LogP contribution in [-0.2, 0) is 9.47 Å². The Bertz CT molecular complexity index is 79.4. The molecule has 68 valence electrons. The van der Waals surface area contributed by atoms with Gasteiger partial charge in [0.1, 0.15) is 6.79 Å². The lowest BCUT2D eigenvalue weighted by atomic mass is 10.1. The molecule has 0 radical (unpaired) electrons. The molecule has 0 saturated carbocycles. The molecule has 0 bridgehead atoms. The predicted molar refractivity (Wildman–Crippen MR) is 43.0 cm³/mol. The second kappa shape index (κ2) is 6.58. The molecule has 0 aromatic carbocycles. The number of hydrogen-bond donors (Lipinski definition) is 1. The summed E-state index contributed by atoms with van der Waals surface area (Å²) in [5.41, 5.74) is 0. The summed E-state index contributed by atoms with van der Waals surface area (Å²) < 4.78 is 10.2. The van der Waals surface area contributed by atoms with Gasteiger partial charge in [0.2, 0.25) is 0 Å². The maximum Gasteiger partial charge on any atom is 0.162 e. The number of aliphatic hydroxyl groups is 1. The molecule has 1 N–H and O–H groups in total. The van der Waals surface area contributed by atoms with Gasteiger partial charge in [-0.15, -0.1) is 0 Å². The zero-order chi connectivity index (χ0) is 8.69. The quantitative estimate of drug-likeness (QED) is 0.599. The molecule has 0 aliphatic heterocycles. The second-order valence-electron chi connectivity index (χ2n) is 2.51. The summed E-state index contributed by atoms with van der Waals surface area (Å²) in [5, 5.41) is 8.51. The Morgan fingerprint density at radius 3 is 2.27 bits per heavy atom. The average Bonchev–Trinajstić information content (AvgIpc) is 2.03. The van der Waals surface area contributed by atoms with Crippen molar-refractivity contribution < 1.29 is 14.6 Å². The van der Waals surface area contributed by atoms with Crippen LogP contribution in [0.3, 0.4) is 0 Å². The van der Waals surface area contributed by atoms with Gasteiger partial charge in [-0.1, -0.05) is 13.8 Å². The van der Waals surface area contributed by atoms with E-state index in [1.54, 1.807) is 0 Å². The summed E-state index contributed by atoms with van der Waals surface area (Å²) in [5.74, 6) is 0.335. The van der Waals surface area contributed by atoms with Crippen molar-refractivity contribution in [2.45, 2.75) is 33.5 Å². The molecule has 0 aliphatic carbocycles. The van der Waals surface area contributed by atoms with Gasteiger partial charge in [0.25, 0.3) is 0 Å². The van der Waals surface area contributed by atoms with E-state index in [0.29, 0.717) is 12.5 Å². The van der Waals surface area contributed by atoms with Crippen molar-refractivity contribution >= 4 is 0 Å². The average molecular weight is 162 g/mol. The summed E-state index contributed by atoms with van der Waals surface area (Å²) in [7, 11) is 0. The molecule has 0 fully saturated rings. The van der Waals surface area contributed by atoms with E-state index in [9.17, 15) is 0 Å². The summed E-state index contributed by atoms with van der Waals surface area (Å²) in [6.07, 6.45) is 0.736. The maximum absolute atomic E-state index is 8.51. The van der Waals surface area contributed by atoms with Crippen molar-refractivity contribution in [1.82, 2.24) is 0 Å². The van der Waals surface area contributed by atoms with E-state index in [0.717, 1.165) is 6.42 Å². The van der Waals surface area contributed by atoms with Gasteiger partial charge in [0, 0.05) is 12.5 Å². The first-order valence-corrected chi connectivity index (χ1v) is 4.10. The van der Waals surface area contributed by atoms with E-state index < -0.39 is 0 Å². The molecule has 2 unspecified atom stereocenters. The first-order valence-electron chi connectivity index (χ1n) is 4.10. The van der Waals surface area contributed by atoms with Crippen LogP contribution >= 0.6 is 0 Å². The molecule has 0 aromatic rings. The molecule has 0 heterocycles. The van der Waals surface area contributed by atoms with Crippen molar-refractivity contribution in [1.29, 1.82) is 0 Å². The molecular formula is C8H18O3. The van der Waals surface area contributed by atoms with Gasteiger partial charge >= 0.3 is 0 Å². The minimum absolute atomic E-state index is 0.255. The lowest BCUT2D eigenvalue weighted by molar-refractivity contribution is -0.201. The highest BCUT2D eigenvalue weighted by atomic mass is 16.7. The van der Waals surface area contributed by atoms with E-state index in [4.69, 9.17) is 14.6 Å². The summed E-state index contributed by atoms with van der Waals surface area (Å²) >= 11 is 0. The zero-order valence-corrected chi connectivity index (χ0v) is 7.54. The Kier molecular flexibility index (Phi) is 6.51. The van der Waals surface area contributed by atoms with Crippen molar-refractivity contribution in [3.05, 3.63) is 0 Å². The van der Waals surface area contributed by atoms with E-state index in [1.165, 1.54) is 0 Å². The van der Waals surface area contributed by atoms with E-state index in [1.807, 2.05) is 13.8 Å². The van der Waals surface area contributed by atoms with Crippen LogP contribution in [0.1, 0.15) is 27.2 Å². The first-order chi connectivity index (χ1) is 5.26. The second-order valence-corrected chi connectivity index (χ2v) is 2.51. The number of ether oxygens (including phenoxy) is 2. The molecule has 11 heavy (non-hydrogen) atoms. The molecule has 3 heteroatoms. The van der Waals surface area contributed by atoms with Crippen LogP contribution in [0.25, 0.3) is 0 Å². The molecule has 0 aliphatic rings. The SMILES string of the molecule is CCOC(OCO)C(C)CC. The Morgan fingerprint density at radius 2 is 1.91 bits per heavy atom. The molecule has 0 amide bonds. The van der Waals surface area contributed by atoms with Gasteiger partial charge in [-0.2, -0.15) is 0 Å². The van der Waals surface area contributed by atoms with E-state index in [2.05, 4.69) is 6.92 Å². The fourth-order valence-corrected chi connectivity index (χ4v) is 0.807. The standard InChI is InChI=1S/C8H18O3/c1-4-7(3)8(10-5-2)11-6-9/h7-9H,4-6H2,1-3H3. The summed E-state index contributed by atoms with van der Waals surface area (Å²) in [6, 6.07) is 0. The molecular weight excluding hydrogens is 144 g/mol. The van der Waals surface area contributed by atoms with Gasteiger partial charge in [-0.05, 0) is 13.3 Å². The van der Waals surface area contributed by atoms with Crippen LogP contribution in [0, 0.1) is 5.92 Å². The lowest BCUT2D eigenvalue weighted by Gasteiger charge is -2.21. The van der Waals surface area contributed by atoms with Crippen molar-refractivity contribution in [2.24, 2.45) is 5.92 Å². The third-order valence-corrected chi connectivity index (χ3v) is 1.68. The first kappa shape index (κ1) is 10.9. The highest BCUT2D eigenvalue weighted by molar-refractivity contribution is 4.53. The summed E-state index contributed by atoms with van der Waals surface area (Å²) in [6.45, 7) is 6.37. The number of hydrogen-bond acceptors (Lipinski definition) is 3. The fourth-order valence-electron chi connectivity index (χ4n) is 0.807. The summed E-state index contributed by atoms with van der Waals surface area (Å²) in [4.78, 5) is 0. The third-order valence-electron chi connectivity index (χ3n) is 1.68. The van der Waals surface area contributed by atoms with Crippen LogP contribution in [0.15, 0.2) is 0 Å². The van der Waals surface area contributed by atoms with Crippen LogP contribution in [0.4, 0.5) is 0 Å². The Morgan fingerprint density at radius 1 is 1.27 bits per heavy atom. The van der Waals surface area contributed by atoms with Crippen LogP contribution < -0.4 is 0 Å². The van der Waals surface area contributed by atoms with Crippen LogP contribution in [0.2, 0.25) is 0 Å². The van der Waals surface area contributed by atoms with Crippen molar-refractivity contribution in [2.75, 3.05) is 13.4 Å². The van der Waals surface area contributed by atoms with Crippen molar-refractivity contribution in [3.8, 4) is 0 Å². The third kappa shape index (κ3) is 4.35. The van der Waals surface area contributed by atoms with Crippen molar-refractivity contribution in [3.63, 3.8) is 0 Å². The maximum atomic E-state index is 8.51. The minimum Gasteiger partial charge on any atom is -0.371 e. The Labute approximate surface area is 68.3 Å². The number of rotatable bonds is 6. The molecule has 3 nitrogen and oxygen atoms in total. The Hall–Kier alpha value is -0.120. The lowest BCUT2D eigenvalue weighted by Crippen LogP contribution is -2.25. The molecule has 0 rings (SSSR count). The Balaban J connectivity index is 3.66. The van der Waals surface area contributed by atoms with E-state index in [-0.39, 0.29) is 13.1 Å².